The molecule has 3 aliphatic rings. The lowest BCUT2D eigenvalue weighted by Crippen LogP contribution is -2.78. The molecule has 0 N–H and O–H groups in total. The van der Waals surface area contributed by atoms with E-state index in [1.807, 2.05) is 0 Å². The molecule has 10 rings (SSSR count). The van der Waals surface area contributed by atoms with E-state index in [0.717, 1.165) is 0 Å². The average molecular weight is 666 g/mol. The molecular formula is C44H33NP2Si. The summed E-state index contributed by atoms with van der Waals surface area (Å²) in [5, 5.41) is 14.7. The van der Waals surface area contributed by atoms with Crippen LogP contribution < -0.4 is 57.5 Å². The molecule has 4 heteroatoms. The third kappa shape index (κ3) is 3.80. The van der Waals surface area contributed by atoms with E-state index in [1.165, 1.54) is 80.8 Å². The van der Waals surface area contributed by atoms with Gasteiger partial charge in [-0.25, -0.2) is 0 Å². The lowest BCUT2D eigenvalue weighted by atomic mass is 10.1. The molecule has 2 unspecified atom stereocenters. The Bertz CT molecular complexity index is 2210. The van der Waals surface area contributed by atoms with E-state index >= 15 is 0 Å². The van der Waals surface area contributed by atoms with Crippen molar-refractivity contribution in [2.24, 2.45) is 0 Å². The summed E-state index contributed by atoms with van der Waals surface area (Å²) in [6, 6.07) is 63.1. The second-order valence-electron chi connectivity index (χ2n) is 13.2. The monoisotopic (exact) mass is 665 g/mol. The van der Waals surface area contributed by atoms with Crippen LogP contribution in [0.2, 0.25) is 0 Å². The molecule has 2 atom stereocenters. The lowest BCUT2D eigenvalue weighted by Gasteiger charge is -2.53. The highest BCUT2D eigenvalue weighted by atomic mass is 31.1. The van der Waals surface area contributed by atoms with E-state index < -0.39 is 23.9 Å². The van der Waals surface area contributed by atoms with E-state index in [9.17, 15) is 0 Å². The van der Waals surface area contributed by atoms with Crippen molar-refractivity contribution in [3.8, 4) is 0 Å². The van der Waals surface area contributed by atoms with Crippen molar-refractivity contribution in [3.63, 3.8) is 0 Å². The summed E-state index contributed by atoms with van der Waals surface area (Å²) in [6.07, 6.45) is 0. The van der Waals surface area contributed by atoms with Crippen molar-refractivity contribution in [1.29, 1.82) is 0 Å². The molecule has 48 heavy (non-hydrogen) atoms. The third-order valence-corrected chi connectivity index (χ3v) is 20.1. The van der Waals surface area contributed by atoms with Gasteiger partial charge in [0, 0.05) is 21.2 Å². The minimum Gasteiger partial charge on any atom is -0.308 e. The van der Waals surface area contributed by atoms with Crippen molar-refractivity contribution >= 4 is 93.6 Å². The van der Waals surface area contributed by atoms with Crippen molar-refractivity contribution in [2.75, 3.05) is 4.90 Å². The topological polar surface area (TPSA) is 3.24 Å². The first kappa shape index (κ1) is 28.4. The molecule has 3 aliphatic heterocycles. The second-order valence-corrected chi connectivity index (χ2v) is 21.2. The molecule has 0 saturated heterocycles. The van der Waals surface area contributed by atoms with Crippen LogP contribution in [0, 0.1) is 13.8 Å². The molecule has 1 nitrogen and oxygen atoms in total. The third-order valence-electron chi connectivity index (χ3n) is 10.3. The number of rotatable bonds is 4. The Balaban J connectivity index is 1.45. The van der Waals surface area contributed by atoms with Gasteiger partial charge in [-0.2, -0.15) is 0 Å². The lowest BCUT2D eigenvalue weighted by molar-refractivity contribution is 1.30. The highest BCUT2D eigenvalue weighted by Crippen LogP contribution is 2.55. The van der Waals surface area contributed by atoms with Gasteiger partial charge in [-0.15, -0.1) is 0 Å². The number of nitrogens with zero attached hydrogens (tertiary/aromatic N) is 1. The fourth-order valence-electron chi connectivity index (χ4n) is 8.63. The molecule has 7 aromatic rings. The van der Waals surface area contributed by atoms with Crippen molar-refractivity contribution in [2.45, 2.75) is 13.8 Å². The number of para-hydroxylation sites is 1. The maximum absolute atomic E-state index is 2.80. The van der Waals surface area contributed by atoms with Gasteiger partial charge in [0.15, 0.2) is 8.07 Å². The fourth-order valence-corrected chi connectivity index (χ4v) is 19.7. The summed E-state index contributed by atoms with van der Waals surface area (Å²) in [6.45, 7) is 4.64. The maximum atomic E-state index is 2.75. The highest BCUT2D eigenvalue weighted by Gasteiger charge is 2.54. The molecule has 0 saturated carbocycles. The van der Waals surface area contributed by atoms with Crippen molar-refractivity contribution in [1.82, 2.24) is 0 Å². The van der Waals surface area contributed by atoms with Gasteiger partial charge in [0.25, 0.3) is 0 Å². The maximum Gasteiger partial charge on any atom is 0.184 e. The Hall–Kier alpha value is -4.58. The molecular weight excluding hydrogens is 633 g/mol. The van der Waals surface area contributed by atoms with Crippen LogP contribution in [0.4, 0.5) is 17.1 Å². The molecule has 3 heterocycles. The number of benzene rings is 7. The zero-order chi connectivity index (χ0) is 32.0. The van der Waals surface area contributed by atoms with Crippen LogP contribution in [0.1, 0.15) is 11.1 Å². The van der Waals surface area contributed by atoms with Gasteiger partial charge in [-0.05, 0) is 73.2 Å². The molecule has 0 aliphatic carbocycles. The standard InChI is InChI=1S/C44H33NP2Si/c1-30-26-38-43-40(28-30)48(34-20-11-5-12-21-34,35-22-13-6-14-23-35)41-29-31(2)27-39-44(41)45(43)42-36(46(38)32-16-7-3-8-17-32)24-15-25-37(42)47(39)33-18-9-4-10-19-33/h3-29H,1-2H3. The van der Waals surface area contributed by atoms with Crippen LogP contribution in [0.25, 0.3) is 0 Å². The highest BCUT2D eigenvalue weighted by molar-refractivity contribution is 7.82. The largest absolute Gasteiger partial charge is 0.308 e. The quantitative estimate of drug-likeness (QED) is 0.175. The molecule has 7 aromatic carbocycles. The molecule has 0 spiro atoms. The van der Waals surface area contributed by atoms with E-state index in [0.29, 0.717) is 0 Å². The van der Waals surface area contributed by atoms with Gasteiger partial charge in [-0.3, -0.25) is 0 Å². The van der Waals surface area contributed by atoms with E-state index in [1.54, 1.807) is 0 Å². The first-order valence-corrected chi connectivity index (χ1v) is 21.4. The Morgan fingerprint density at radius 2 is 0.792 bits per heavy atom. The van der Waals surface area contributed by atoms with Crippen molar-refractivity contribution in [3.05, 3.63) is 175 Å². The van der Waals surface area contributed by atoms with E-state index in [4.69, 9.17) is 0 Å². The normalized spacial score (nSPS) is 17.5. The minimum atomic E-state index is -2.80. The number of hydrogen-bond acceptors (Lipinski definition) is 1. The molecule has 0 radical (unpaired) electrons. The van der Waals surface area contributed by atoms with Gasteiger partial charge in [-0.1, -0.05) is 163 Å². The van der Waals surface area contributed by atoms with Gasteiger partial charge in [0.2, 0.25) is 0 Å². The summed E-state index contributed by atoms with van der Waals surface area (Å²) < 4.78 is 0. The van der Waals surface area contributed by atoms with Gasteiger partial charge < -0.3 is 4.90 Å². The molecule has 0 bridgehead atoms. The number of hydrogen-bond donors (Lipinski definition) is 0. The summed E-state index contributed by atoms with van der Waals surface area (Å²) >= 11 is 0. The minimum absolute atomic E-state index is 0.788. The summed E-state index contributed by atoms with van der Waals surface area (Å²) in [5.41, 5.74) is 7.00. The second kappa shape index (κ2) is 10.7. The summed E-state index contributed by atoms with van der Waals surface area (Å²) in [5.74, 6) is 0. The smallest absolute Gasteiger partial charge is 0.184 e. The summed E-state index contributed by atoms with van der Waals surface area (Å²) in [4.78, 5) is 2.75. The first-order chi connectivity index (χ1) is 23.7. The number of anilines is 3. The van der Waals surface area contributed by atoms with Crippen LogP contribution in [0.5, 0.6) is 0 Å². The predicted molar refractivity (Wildman–Crippen MR) is 212 cm³/mol. The van der Waals surface area contributed by atoms with Crippen LogP contribution in [-0.2, 0) is 0 Å². The SMILES string of the molecule is Cc1cc2c3c(c1)[Si](c1ccccc1)(c1ccccc1)c1cc(C)cc4c1N3c1c(cccc1P4c1ccccc1)P2c1ccccc1. The molecule has 0 aromatic heterocycles. The van der Waals surface area contributed by atoms with Crippen LogP contribution in [0.15, 0.2) is 164 Å². The molecule has 228 valence electrons. The van der Waals surface area contributed by atoms with E-state index in [-0.39, 0.29) is 0 Å². The average Bonchev–Trinajstić information content (AvgIpc) is 3.13. The van der Waals surface area contributed by atoms with E-state index in [2.05, 4.69) is 183 Å². The molecule has 0 fully saturated rings. The zero-order valence-electron chi connectivity index (χ0n) is 26.9. The van der Waals surface area contributed by atoms with Crippen LogP contribution in [0.3, 0.4) is 0 Å². The number of aryl methyl sites for hydroxylation is 2. The Morgan fingerprint density at radius 3 is 1.21 bits per heavy atom. The Morgan fingerprint density at radius 1 is 0.396 bits per heavy atom. The zero-order valence-corrected chi connectivity index (χ0v) is 29.7. The fraction of sp³-hybridized carbons (Fsp3) is 0.0455. The van der Waals surface area contributed by atoms with Crippen LogP contribution >= 0.6 is 15.8 Å². The van der Waals surface area contributed by atoms with Gasteiger partial charge >= 0.3 is 0 Å². The molecule has 0 amide bonds. The Kier molecular flexibility index (Phi) is 6.34. The summed E-state index contributed by atoms with van der Waals surface area (Å²) in [7, 11) is -4.38. The van der Waals surface area contributed by atoms with Crippen LogP contribution in [-0.4, -0.2) is 8.07 Å². The first-order valence-electron chi connectivity index (χ1n) is 16.7. The Labute approximate surface area is 286 Å². The predicted octanol–water partition coefficient (Wildman–Crippen LogP) is 5.61. The van der Waals surface area contributed by atoms with Crippen molar-refractivity contribution < 1.29 is 0 Å². The van der Waals surface area contributed by atoms with Gasteiger partial charge in [0.1, 0.15) is 0 Å². The van der Waals surface area contributed by atoms with Gasteiger partial charge in [0.05, 0.1) is 17.1 Å².